The first kappa shape index (κ1) is 38.1. The van der Waals surface area contributed by atoms with Crippen LogP contribution >= 0.6 is 0 Å². The number of hydrogen-bond donors (Lipinski definition) is 1. The summed E-state index contributed by atoms with van der Waals surface area (Å²) in [4.78, 5) is 11.0. The van der Waals surface area contributed by atoms with Crippen molar-refractivity contribution in [1.82, 2.24) is 14.5 Å². The molecule has 1 atom stereocenters. The Hall–Kier alpha value is -9.06. The lowest BCUT2D eigenvalue weighted by Crippen LogP contribution is -2.36. The van der Waals surface area contributed by atoms with E-state index in [4.69, 9.17) is 9.98 Å². The maximum atomic E-state index is 5.63. The number of rotatable bonds is 5. The van der Waals surface area contributed by atoms with E-state index in [1.165, 1.54) is 88.1 Å². The summed E-state index contributed by atoms with van der Waals surface area (Å²) in [7, 11) is 0. The molecular weight excluding hydrogens is 839 g/mol. The summed E-state index contributed by atoms with van der Waals surface area (Å²) in [6.45, 7) is 0. The molecule has 1 spiro atoms. The second-order valence-corrected chi connectivity index (χ2v) is 18.4. The largest absolute Gasteiger partial charge is 0.344 e. The van der Waals surface area contributed by atoms with Crippen LogP contribution < -0.4 is 5.32 Å². The average Bonchev–Trinajstić information content (AvgIpc) is 4.13. The average molecular weight is 880 g/mol. The van der Waals surface area contributed by atoms with Gasteiger partial charge in [0.15, 0.2) is 5.84 Å². The van der Waals surface area contributed by atoms with Crippen LogP contribution in [0.15, 0.2) is 247 Å². The molecule has 3 heterocycles. The van der Waals surface area contributed by atoms with Crippen molar-refractivity contribution in [2.75, 3.05) is 0 Å². The zero-order valence-electron chi connectivity index (χ0n) is 37.4. The maximum Gasteiger partial charge on any atom is 0.159 e. The van der Waals surface area contributed by atoms with Gasteiger partial charge in [0.05, 0.1) is 27.5 Å². The number of para-hydroxylation sites is 4. The van der Waals surface area contributed by atoms with Crippen molar-refractivity contribution in [2.24, 2.45) is 9.98 Å². The van der Waals surface area contributed by atoms with Gasteiger partial charge in [0.25, 0.3) is 0 Å². The van der Waals surface area contributed by atoms with Crippen LogP contribution in [0.1, 0.15) is 45.1 Å². The third-order valence-electron chi connectivity index (χ3n) is 15.0. The van der Waals surface area contributed by atoms with Gasteiger partial charge in [-0.25, -0.2) is 9.98 Å². The molecule has 1 aliphatic heterocycles. The Morgan fingerprint density at radius 3 is 1.23 bits per heavy atom. The minimum absolute atomic E-state index is 0.456. The molecule has 0 radical (unpaired) electrons. The quantitative estimate of drug-likeness (QED) is 0.184. The van der Waals surface area contributed by atoms with E-state index in [2.05, 4.69) is 251 Å². The van der Waals surface area contributed by atoms with Crippen molar-refractivity contribution >= 4 is 55.3 Å². The van der Waals surface area contributed by atoms with Gasteiger partial charge in [0.1, 0.15) is 12.0 Å². The molecule has 0 saturated carbocycles. The predicted octanol–water partition coefficient (Wildman–Crippen LogP) is 14.7. The molecule has 0 amide bonds. The lowest BCUT2D eigenvalue weighted by atomic mass is 9.69. The number of aromatic nitrogens is 2. The summed E-state index contributed by atoms with van der Waals surface area (Å²) in [6, 6.07) is 86.1. The van der Waals surface area contributed by atoms with Gasteiger partial charge in [-0.3, -0.25) is 0 Å². The lowest BCUT2D eigenvalue weighted by molar-refractivity contribution is 0.650. The summed E-state index contributed by atoms with van der Waals surface area (Å²) in [6.07, 6.45) is -0.456. The van der Waals surface area contributed by atoms with Gasteiger partial charge in [-0.2, -0.15) is 0 Å². The molecule has 2 aromatic heterocycles. The molecule has 12 aromatic rings. The van der Waals surface area contributed by atoms with Gasteiger partial charge in [0.2, 0.25) is 0 Å². The Morgan fingerprint density at radius 1 is 0.362 bits per heavy atom. The topological polar surface area (TPSA) is 46.6 Å². The Kier molecular flexibility index (Phi) is 7.99. The third-order valence-corrected chi connectivity index (χ3v) is 15.0. The molecule has 2 aliphatic carbocycles. The molecule has 15 rings (SSSR count). The number of hydrogen-bond acceptors (Lipinski definition) is 3. The number of benzene rings is 10. The minimum Gasteiger partial charge on any atom is -0.344 e. The molecule has 0 bridgehead atoms. The van der Waals surface area contributed by atoms with Crippen LogP contribution in [0.25, 0.3) is 77.2 Å². The molecule has 3 aliphatic rings. The van der Waals surface area contributed by atoms with Crippen molar-refractivity contribution < 1.29 is 0 Å². The zero-order chi connectivity index (χ0) is 45.2. The maximum absolute atomic E-state index is 5.63. The zero-order valence-corrected chi connectivity index (χ0v) is 37.4. The molecule has 5 nitrogen and oxygen atoms in total. The standard InChI is InChI=1S/C64H41N5/c1-8-25-53-44(16-1)45-17-2-9-26-54(45)64(53)55-27-10-3-18-46(55)51-23-15-24-52(60(51)64)63-66-61(40-32-36-42(37-33-40)68-56-28-11-4-19-47(56)48-20-5-12-29-57(48)68)65-62(67-63)41-34-38-43(39-35-41)69-58-30-13-6-21-49(58)50-22-7-14-31-59(50)69/h1-39,63H,(H,65,66,67). The number of nitrogens with zero attached hydrogens (tertiary/aromatic N) is 4. The Morgan fingerprint density at radius 2 is 0.754 bits per heavy atom. The molecule has 10 aromatic carbocycles. The smallest absolute Gasteiger partial charge is 0.159 e. The first-order chi connectivity index (χ1) is 34.2. The van der Waals surface area contributed by atoms with Crippen LogP contribution in [0.3, 0.4) is 0 Å². The molecule has 1 N–H and O–H groups in total. The van der Waals surface area contributed by atoms with Crippen molar-refractivity contribution in [3.8, 4) is 33.6 Å². The molecular formula is C64H41N5. The van der Waals surface area contributed by atoms with E-state index < -0.39 is 11.6 Å². The molecule has 322 valence electrons. The van der Waals surface area contributed by atoms with Crippen molar-refractivity contribution in [2.45, 2.75) is 11.6 Å². The highest BCUT2D eigenvalue weighted by Gasteiger charge is 2.53. The van der Waals surface area contributed by atoms with Crippen LogP contribution in [0.4, 0.5) is 0 Å². The fourth-order valence-electron chi connectivity index (χ4n) is 12.2. The second kappa shape index (κ2) is 14.5. The van der Waals surface area contributed by atoms with Crippen LogP contribution in [0.5, 0.6) is 0 Å². The fraction of sp³-hybridized carbons (Fsp3) is 0.0312. The first-order valence-electron chi connectivity index (χ1n) is 23.8. The molecule has 5 heteroatoms. The Labute approximate surface area is 398 Å². The highest BCUT2D eigenvalue weighted by molar-refractivity contribution is 6.14. The summed E-state index contributed by atoms with van der Waals surface area (Å²) in [5.74, 6) is 1.46. The van der Waals surface area contributed by atoms with Crippen molar-refractivity contribution in [1.29, 1.82) is 0 Å². The Bertz CT molecular complexity index is 4000. The highest BCUT2D eigenvalue weighted by atomic mass is 15.2. The van der Waals surface area contributed by atoms with Crippen LogP contribution in [-0.2, 0) is 5.41 Å². The number of nitrogens with one attached hydrogen (secondary N) is 1. The van der Waals surface area contributed by atoms with E-state index in [0.29, 0.717) is 5.84 Å². The van der Waals surface area contributed by atoms with Crippen molar-refractivity contribution in [3.63, 3.8) is 0 Å². The van der Waals surface area contributed by atoms with Crippen molar-refractivity contribution in [3.05, 3.63) is 276 Å². The predicted molar refractivity (Wildman–Crippen MR) is 283 cm³/mol. The van der Waals surface area contributed by atoms with Gasteiger partial charge < -0.3 is 14.5 Å². The monoisotopic (exact) mass is 879 g/mol. The molecule has 0 fully saturated rings. The van der Waals surface area contributed by atoms with Gasteiger partial charge in [-0.1, -0.05) is 164 Å². The summed E-state index contributed by atoms with van der Waals surface area (Å²) < 4.78 is 4.72. The summed E-state index contributed by atoms with van der Waals surface area (Å²) in [5, 5.41) is 8.90. The van der Waals surface area contributed by atoms with E-state index in [1.807, 2.05) is 0 Å². The number of amidine groups is 2. The molecule has 0 saturated heterocycles. The molecule has 69 heavy (non-hydrogen) atoms. The van der Waals surface area contributed by atoms with E-state index >= 15 is 0 Å². The van der Waals surface area contributed by atoms with Gasteiger partial charge in [-0.05, 0) is 117 Å². The minimum atomic E-state index is -0.532. The van der Waals surface area contributed by atoms with Crippen LogP contribution in [0, 0.1) is 0 Å². The van der Waals surface area contributed by atoms with Gasteiger partial charge in [0, 0.05) is 49.6 Å². The van der Waals surface area contributed by atoms with Crippen LogP contribution in [-0.4, -0.2) is 20.8 Å². The van der Waals surface area contributed by atoms with E-state index in [1.54, 1.807) is 0 Å². The Balaban J connectivity index is 0.911. The SMILES string of the molecule is c1ccc2c(c1)-c1ccccc1C21c2ccccc2-c2cccc(C3N=C(c4ccc(-n5c6ccccc6c6ccccc65)cc4)N=C(c4ccc(-n5c6ccccc6c6ccccc65)cc4)N3)c21. The van der Waals surface area contributed by atoms with E-state index in [9.17, 15) is 0 Å². The number of aliphatic imine (C=N–C) groups is 2. The fourth-order valence-corrected chi connectivity index (χ4v) is 12.2. The highest BCUT2D eigenvalue weighted by Crippen LogP contribution is 2.64. The van der Waals surface area contributed by atoms with Crippen LogP contribution in [0.2, 0.25) is 0 Å². The number of fused-ring (bicyclic) bond motifs is 16. The first-order valence-corrected chi connectivity index (χ1v) is 23.8. The summed E-state index contributed by atoms with van der Waals surface area (Å²) in [5.41, 5.74) is 19.7. The lowest BCUT2D eigenvalue weighted by Gasteiger charge is -2.34. The second-order valence-electron chi connectivity index (χ2n) is 18.4. The van der Waals surface area contributed by atoms with Gasteiger partial charge in [-0.15, -0.1) is 0 Å². The molecule has 1 unspecified atom stereocenters. The summed E-state index contributed by atoms with van der Waals surface area (Å²) >= 11 is 0. The third kappa shape index (κ3) is 5.30. The van der Waals surface area contributed by atoms with E-state index in [-0.39, 0.29) is 0 Å². The van der Waals surface area contributed by atoms with E-state index in [0.717, 1.165) is 33.9 Å². The van der Waals surface area contributed by atoms with Gasteiger partial charge >= 0.3 is 0 Å². The normalized spacial score (nSPS) is 15.2.